The highest BCUT2D eigenvalue weighted by atomic mass is 15.4. The van der Waals surface area contributed by atoms with E-state index in [0.717, 1.165) is 11.8 Å². The fraction of sp³-hybridized carbons (Fsp3) is 0.889. The molecule has 0 radical (unpaired) electrons. The van der Waals surface area contributed by atoms with Crippen LogP contribution in [-0.2, 0) is 0 Å². The van der Waals surface area contributed by atoms with E-state index in [0.29, 0.717) is 6.04 Å². The molecule has 11 heavy (non-hydrogen) atoms. The predicted molar refractivity (Wildman–Crippen MR) is 43.4 cm³/mol. The van der Waals surface area contributed by atoms with E-state index in [9.17, 15) is 0 Å². The van der Waals surface area contributed by atoms with Gasteiger partial charge in [-0.1, -0.05) is 0 Å². The molecule has 3 unspecified atom stereocenters. The van der Waals surface area contributed by atoms with Crippen molar-refractivity contribution < 1.29 is 4.68 Å². The first-order valence-electron chi connectivity index (χ1n) is 4.72. The average Bonchev–Trinajstić information content (AvgIpc) is 2.53. The molecule has 2 bridgehead atoms. The fourth-order valence-electron chi connectivity index (χ4n) is 3.30. The third kappa shape index (κ3) is 0.608. The zero-order chi connectivity index (χ0) is 7.42. The van der Waals surface area contributed by atoms with Gasteiger partial charge in [-0.15, -0.1) is 0 Å². The first-order chi connectivity index (χ1) is 5.36. The van der Waals surface area contributed by atoms with Crippen molar-refractivity contribution in [2.24, 2.45) is 11.8 Å². The van der Waals surface area contributed by atoms with Gasteiger partial charge in [0.1, 0.15) is 6.04 Å². The Hall–Kier alpha value is -0.530. The molecule has 2 fully saturated rings. The lowest BCUT2D eigenvalue weighted by Crippen LogP contribution is -2.31. The molecule has 0 amide bonds. The molecule has 3 atom stereocenters. The largest absolute Gasteiger partial charge is 0.454 e. The van der Waals surface area contributed by atoms with Gasteiger partial charge in [-0.2, -0.15) is 0 Å². The first-order valence-corrected chi connectivity index (χ1v) is 4.72. The molecule has 2 aliphatic carbocycles. The van der Waals surface area contributed by atoms with E-state index in [1.54, 1.807) is 0 Å². The van der Waals surface area contributed by atoms with Crippen LogP contribution in [0.2, 0.25) is 0 Å². The Kier molecular flexibility index (Phi) is 0.984. The van der Waals surface area contributed by atoms with E-state index in [4.69, 9.17) is 5.84 Å². The molecule has 2 saturated carbocycles. The van der Waals surface area contributed by atoms with Crippen molar-refractivity contribution in [1.29, 1.82) is 0 Å². The molecule has 0 aromatic rings. The zero-order valence-electron chi connectivity index (χ0n) is 6.71. The minimum Gasteiger partial charge on any atom is -0.454 e. The molecule has 0 aromatic carbocycles. The SMILES string of the molecule is [NH-][N+]1=C2CCCC3CC1CC23. The van der Waals surface area contributed by atoms with E-state index in [2.05, 4.69) is 0 Å². The Balaban J connectivity index is 2.07. The molecule has 1 aliphatic heterocycles. The molecule has 0 spiro atoms. The highest BCUT2D eigenvalue weighted by Crippen LogP contribution is 2.46. The summed E-state index contributed by atoms with van der Waals surface area (Å²) in [6.07, 6.45) is 6.64. The molecule has 0 aromatic heterocycles. The summed E-state index contributed by atoms with van der Waals surface area (Å²) in [5, 5.41) is 0. The van der Waals surface area contributed by atoms with Gasteiger partial charge in [0.05, 0.1) is 0 Å². The van der Waals surface area contributed by atoms with Crippen molar-refractivity contribution in [1.82, 2.24) is 0 Å². The molecule has 1 N–H and O–H groups in total. The van der Waals surface area contributed by atoms with Crippen LogP contribution in [0.1, 0.15) is 32.1 Å². The first kappa shape index (κ1) is 6.04. The van der Waals surface area contributed by atoms with Gasteiger partial charge >= 0.3 is 0 Å². The standard InChI is InChI=1S/C9H14N2/c10-11-7-4-6-2-1-3-9(11)8(6)5-7/h6-8,10H,1-5H2. The highest BCUT2D eigenvalue weighted by molar-refractivity contribution is 5.85. The predicted octanol–water partition coefficient (Wildman–Crippen LogP) is 2.00. The summed E-state index contributed by atoms with van der Waals surface area (Å²) in [4.78, 5) is 0. The van der Waals surface area contributed by atoms with Crippen molar-refractivity contribution in [3.05, 3.63) is 5.84 Å². The van der Waals surface area contributed by atoms with E-state index in [-0.39, 0.29) is 0 Å². The third-order valence-corrected chi connectivity index (χ3v) is 3.78. The minimum absolute atomic E-state index is 0.611. The van der Waals surface area contributed by atoms with E-state index in [1.165, 1.54) is 37.8 Å². The van der Waals surface area contributed by atoms with Gasteiger partial charge in [0.15, 0.2) is 5.71 Å². The monoisotopic (exact) mass is 150 g/mol. The normalized spacial score (nSPS) is 47.1. The van der Waals surface area contributed by atoms with Crippen LogP contribution >= 0.6 is 0 Å². The average molecular weight is 150 g/mol. The number of fused-ring (bicyclic) bond motifs is 1. The van der Waals surface area contributed by atoms with E-state index < -0.39 is 0 Å². The van der Waals surface area contributed by atoms with Gasteiger partial charge in [0, 0.05) is 25.2 Å². The van der Waals surface area contributed by atoms with Gasteiger partial charge in [0.2, 0.25) is 0 Å². The van der Waals surface area contributed by atoms with Crippen LogP contribution in [0, 0.1) is 11.8 Å². The van der Waals surface area contributed by atoms with Gasteiger partial charge in [-0.25, -0.2) is 0 Å². The lowest BCUT2D eigenvalue weighted by Gasteiger charge is -2.27. The number of nitrogens with one attached hydrogen (secondary N) is 1. The Morgan fingerprint density at radius 3 is 3.00 bits per heavy atom. The lowest BCUT2D eigenvalue weighted by molar-refractivity contribution is -0.497. The second-order valence-corrected chi connectivity index (χ2v) is 4.25. The summed E-state index contributed by atoms with van der Waals surface area (Å²) in [5.41, 5.74) is 1.47. The number of rotatable bonds is 0. The van der Waals surface area contributed by atoms with E-state index in [1.807, 2.05) is 4.68 Å². The maximum atomic E-state index is 7.80. The highest BCUT2D eigenvalue weighted by Gasteiger charge is 2.50. The topological polar surface area (TPSA) is 26.8 Å². The Morgan fingerprint density at radius 1 is 1.36 bits per heavy atom. The number of hydrogen-bond acceptors (Lipinski definition) is 0. The summed E-state index contributed by atoms with van der Waals surface area (Å²) in [7, 11) is 0. The number of hydrogen-bond donors (Lipinski definition) is 0. The van der Waals surface area contributed by atoms with E-state index >= 15 is 0 Å². The summed E-state index contributed by atoms with van der Waals surface area (Å²) >= 11 is 0. The van der Waals surface area contributed by atoms with Crippen LogP contribution in [-0.4, -0.2) is 16.4 Å². The third-order valence-electron chi connectivity index (χ3n) is 3.78. The van der Waals surface area contributed by atoms with Gasteiger partial charge in [-0.05, 0) is 18.8 Å². The molecule has 3 rings (SSSR count). The van der Waals surface area contributed by atoms with Crippen molar-refractivity contribution in [3.8, 4) is 0 Å². The second kappa shape index (κ2) is 1.79. The summed E-state index contributed by atoms with van der Waals surface area (Å²) in [5.74, 6) is 9.61. The van der Waals surface area contributed by atoms with Crippen LogP contribution in [0.4, 0.5) is 0 Å². The fourth-order valence-corrected chi connectivity index (χ4v) is 3.30. The maximum absolute atomic E-state index is 7.80. The van der Waals surface area contributed by atoms with Gasteiger partial charge in [0.25, 0.3) is 0 Å². The quantitative estimate of drug-likeness (QED) is 0.472. The molecule has 60 valence electrons. The Morgan fingerprint density at radius 2 is 2.27 bits per heavy atom. The Bertz CT molecular complexity index is 232. The van der Waals surface area contributed by atoms with Crippen LogP contribution in [0.25, 0.3) is 5.84 Å². The van der Waals surface area contributed by atoms with Gasteiger partial charge in [-0.3, -0.25) is 4.68 Å². The van der Waals surface area contributed by atoms with Crippen LogP contribution in [0.15, 0.2) is 0 Å². The smallest absolute Gasteiger partial charge is 0.151 e. The maximum Gasteiger partial charge on any atom is 0.151 e. The van der Waals surface area contributed by atoms with Gasteiger partial charge < -0.3 is 5.84 Å². The molecular weight excluding hydrogens is 136 g/mol. The summed E-state index contributed by atoms with van der Waals surface area (Å²) in [6, 6.07) is 0.611. The summed E-state index contributed by atoms with van der Waals surface area (Å²) in [6.45, 7) is 0. The van der Waals surface area contributed by atoms with Crippen molar-refractivity contribution in [2.75, 3.05) is 0 Å². The molecule has 2 heteroatoms. The molecular formula is C9H14N2. The van der Waals surface area contributed by atoms with Crippen LogP contribution in [0.3, 0.4) is 0 Å². The van der Waals surface area contributed by atoms with Crippen LogP contribution < -0.4 is 0 Å². The number of nitrogens with zero attached hydrogens (tertiary/aromatic N) is 1. The van der Waals surface area contributed by atoms with Crippen molar-refractivity contribution in [2.45, 2.75) is 38.1 Å². The lowest BCUT2D eigenvalue weighted by atomic mass is 9.80. The molecule has 2 nitrogen and oxygen atoms in total. The second-order valence-electron chi connectivity index (χ2n) is 4.25. The molecule has 1 heterocycles. The Labute approximate surface area is 67.1 Å². The van der Waals surface area contributed by atoms with Crippen molar-refractivity contribution in [3.63, 3.8) is 0 Å². The minimum atomic E-state index is 0.611. The summed E-state index contributed by atoms with van der Waals surface area (Å²) < 4.78 is 1.83. The zero-order valence-corrected chi connectivity index (χ0v) is 6.71. The molecule has 3 aliphatic rings. The van der Waals surface area contributed by atoms with Crippen molar-refractivity contribution >= 4 is 5.71 Å². The molecule has 0 saturated heterocycles. The van der Waals surface area contributed by atoms with Crippen LogP contribution in [0.5, 0.6) is 0 Å².